The minimum Gasteiger partial charge on any atom is -1.00 e. The van der Waals surface area contributed by atoms with Crippen LogP contribution in [0.3, 0.4) is 0 Å². The number of benzene rings is 7. The van der Waals surface area contributed by atoms with Crippen LogP contribution >= 0.6 is 0 Å². The predicted molar refractivity (Wildman–Crippen MR) is 258 cm³/mol. The van der Waals surface area contributed by atoms with Crippen LogP contribution in [-0.2, 0) is 58.7 Å². The Morgan fingerprint density at radius 3 is 1.44 bits per heavy atom. The zero-order chi connectivity index (χ0) is 42.4. The summed E-state index contributed by atoms with van der Waals surface area (Å²) in [6, 6.07) is 69.4. The number of hydrogen-bond donors (Lipinski definition) is 2. The summed E-state index contributed by atoms with van der Waals surface area (Å²) in [6.07, 6.45) is 4.31. The summed E-state index contributed by atoms with van der Waals surface area (Å²) in [4.78, 5) is 2.48. The van der Waals surface area contributed by atoms with E-state index in [1.54, 1.807) is 6.92 Å². The van der Waals surface area contributed by atoms with Crippen molar-refractivity contribution in [3.05, 3.63) is 256 Å². The molecule has 0 radical (unpaired) electrons. The Balaban J connectivity index is 0.000000258. The summed E-state index contributed by atoms with van der Waals surface area (Å²) in [7, 11) is 0. The van der Waals surface area contributed by atoms with E-state index in [2.05, 4.69) is 211 Å². The van der Waals surface area contributed by atoms with Crippen LogP contribution in [0.15, 0.2) is 201 Å². The minimum absolute atomic E-state index is 0. The van der Waals surface area contributed by atoms with E-state index in [4.69, 9.17) is 5.11 Å². The van der Waals surface area contributed by atoms with Crippen LogP contribution in [0.25, 0.3) is 6.08 Å². The van der Waals surface area contributed by atoms with E-state index < -0.39 is 0 Å². The van der Waals surface area contributed by atoms with Gasteiger partial charge in [0.15, 0.2) is 0 Å². The zero-order valence-electron chi connectivity index (χ0n) is 37.9. The number of nitrogens with one attached hydrogen (secondary N) is 1. The Labute approximate surface area is 416 Å². The summed E-state index contributed by atoms with van der Waals surface area (Å²) in [5.41, 5.74) is 14.1. The summed E-state index contributed by atoms with van der Waals surface area (Å²) in [5, 5.41) is 10.9. The molecule has 0 bridgehead atoms. The maximum atomic E-state index is 7.57. The first-order valence-corrected chi connectivity index (χ1v) is 21.9. The molecule has 0 saturated carbocycles. The maximum Gasteiger partial charge on any atom is 1.00 e. The van der Waals surface area contributed by atoms with Crippen molar-refractivity contribution in [2.24, 2.45) is 0 Å². The minimum atomic E-state index is 0. The van der Waals surface area contributed by atoms with E-state index in [1.165, 1.54) is 75.0 Å². The molecule has 328 valence electrons. The molecular weight excluding hydrogens is 862 g/mol. The quantitative estimate of drug-likeness (QED) is 0.130. The first-order valence-electron chi connectivity index (χ1n) is 21.9. The third-order valence-electron chi connectivity index (χ3n) is 11.4. The van der Waals surface area contributed by atoms with Crippen LogP contribution in [0, 0.1) is 0 Å². The first kappa shape index (κ1) is 53.9. The monoisotopic (exact) mass is 925 g/mol. The van der Waals surface area contributed by atoms with E-state index in [-0.39, 0.29) is 58.6 Å². The third kappa shape index (κ3) is 17.5. The summed E-state index contributed by atoms with van der Waals surface area (Å²) in [6.45, 7) is 15.4. The van der Waals surface area contributed by atoms with Crippen LogP contribution in [0.4, 0.5) is 0 Å². The molecule has 0 fully saturated rings. The van der Waals surface area contributed by atoms with E-state index >= 15 is 0 Å². The van der Waals surface area contributed by atoms with Gasteiger partial charge in [-0.15, -0.1) is 0 Å². The molecule has 2 aliphatic heterocycles. The van der Waals surface area contributed by atoms with E-state index in [0.717, 1.165) is 56.8 Å². The number of fused-ring (bicyclic) bond motifs is 2. The van der Waals surface area contributed by atoms with Crippen molar-refractivity contribution < 1.29 is 61.6 Å². The summed E-state index contributed by atoms with van der Waals surface area (Å²) < 4.78 is 1.12. The second kappa shape index (κ2) is 29.9. The molecule has 0 saturated heterocycles. The Kier molecular flexibility index (Phi) is 25.2. The van der Waals surface area contributed by atoms with Gasteiger partial charge in [-0.05, 0) is 58.8 Å². The van der Waals surface area contributed by atoms with Crippen LogP contribution in [-0.4, -0.2) is 39.7 Å². The molecule has 0 amide bonds. The summed E-state index contributed by atoms with van der Waals surface area (Å²) in [5.74, 6) is 0. The van der Waals surface area contributed by atoms with Gasteiger partial charge in [0.25, 0.3) is 0 Å². The number of aliphatic hydroxyl groups excluding tert-OH is 1. The second-order valence-electron chi connectivity index (χ2n) is 16.1. The number of quaternary nitrogens is 1. The fourth-order valence-electron chi connectivity index (χ4n) is 8.41. The van der Waals surface area contributed by atoms with Crippen LogP contribution in [0.1, 0.15) is 62.6 Å². The Bertz CT molecular complexity index is 2210. The maximum absolute atomic E-state index is 7.57. The van der Waals surface area contributed by atoms with Gasteiger partial charge in [-0.25, -0.2) is 0 Å². The number of aliphatic hydroxyl groups is 1. The molecule has 2 aliphatic rings. The van der Waals surface area contributed by atoms with Crippen LogP contribution in [0.5, 0.6) is 0 Å². The normalized spacial score (nSPS) is 12.7. The van der Waals surface area contributed by atoms with Crippen LogP contribution in [0.2, 0.25) is 0 Å². The molecule has 64 heavy (non-hydrogen) atoms. The van der Waals surface area contributed by atoms with Crippen molar-refractivity contribution in [3.63, 3.8) is 0 Å². The van der Waals surface area contributed by atoms with Gasteiger partial charge in [-0.1, -0.05) is 207 Å². The molecule has 7 aromatic carbocycles. The van der Waals surface area contributed by atoms with Gasteiger partial charge >= 0.3 is 29.6 Å². The Morgan fingerprint density at radius 2 is 0.953 bits per heavy atom. The second-order valence-corrected chi connectivity index (χ2v) is 16.1. The van der Waals surface area contributed by atoms with Crippen molar-refractivity contribution in [1.82, 2.24) is 10.2 Å². The molecule has 5 nitrogen and oxygen atoms in total. The molecule has 9 rings (SSSR count). The van der Waals surface area contributed by atoms with Gasteiger partial charge in [0.05, 0.1) is 6.54 Å². The van der Waals surface area contributed by atoms with Crippen LogP contribution < -0.4 is 51.9 Å². The van der Waals surface area contributed by atoms with E-state index in [1.807, 2.05) is 6.08 Å². The molecule has 0 atom stereocenters. The molecule has 7 aromatic rings. The van der Waals surface area contributed by atoms with Gasteiger partial charge in [0.1, 0.15) is 19.6 Å². The molecule has 2 heterocycles. The number of hydrogen-bond acceptors (Lipinski definition) is 4. The zero-order valence-corrected chi connectivity index (χ0v) is 41.5. The summed E-state index contributed by atoms with van der Waals surface area (Å²) >= 11 is 0. The smallest absolute Gasteiger partial charge is 1.00 e. The SMILES string of the molecule is C=Cc1ccccc1CN(Cc1ccccc1)Cc1ccccc1.CCO.[Br-].[Na+].[OH-].c1ccc(C[N+]2(Cc3ccccc3)CCc3ccccc3C2)cc1.c1ccc2c(c1)CCNC2. The topological polar surface area (TPSA) is 65.5 Å². The molecule has 3 N–H and O–H groups in total. The first-order chi connectivity index (χ1) is 30.1. The third-order valence-corrected chi connectivity index (χ3v) is 11.4. The fraction of sp³-hybridized carbons (Fsp3) is 0.228. The molecule has 0 spiro atoms. The largest absolute Gasteiger partial charge is 1.00 e. The van der Waals surface area contributed by atoms with Crippen molar-refractivity contribution in [1.29, 1.82) is 0 Å². The average Bonchev–Trinajstić information content (AvgIpc) is 3.31. The molecule has 0 aromatic heterocycles. The molecular formula is C57H65BrN3NaO2. The number of nitrogens with zero attached hydrogens (tertiary/aromatic N) is 2. The average molecular weight is 927 g/mol. The van der Waals surface area contributed by atoms with Gasteiger partial charge in [-0.3, -0.25) is 4.90 Å². The van der Waals surface area contributed by atoms with Gasteiger partial charge in [0, 0.05) is 55.9 Å². The van der Waals surface area contributed by atoms with Crippen molar-refractivity contribution in [2.45, 2.75) is 65.6 Å². The van der Waals surface area contributed by atoms with E-state index in [0.29, 0.717) is 0 Å². The van der Waals surface area contributed by atoms with Gasteiger partial charge < -0.3 is 37.4 Å². The van der Waals surface area contributed by atoms with Crippen molar-refractivity contribution in [2.75, 3.05) is 19.7 Å². The Hall–Kier alpha value is -4.44. The Morgan fingerprint density at radius 1 is 0.547 bits per heavy atom. The molecule has 0 unspecified atom stereocenters. The van der Waals surface area contributed by atoms with E-state index in [9.17, 15) is 0 Å². The number of rotatable bonds is 11. The standard InChI is InChI=1S/C23H24N.C23H23N.C9H11N.C2H6O.BrH.Na.H2O/c1-3-9-20(10-4-1)17-24(18-21-11-5-2-6-12-21)16-15-22-13-7-8-14-23(22)19-24;1-2-22-15-9-10-16-23(22)19-24(17-20-11-5-3-6-12-20)18-21-13-7-4-8-14-21;1-2-4-9-7-10-6-5-8(9)3-1;1-2-3;;;/h1-14H,15-19H2;2-16H,1,17-19H2;1-4,10H,5-7H2;3H,2H2,1H3;1H;;1H2/q+1;;;;;+1;/p-2. The fourth-order valence-corrected chi connectivity index (χ4v) is 8.41. The van der Waals surface area contributed by atoms with Gasteiger partial charge in [0.2, 0.25) is 0 Å². The van der Waals surface area contributed by atoms with Gasteiger partial charge in [-0.2, -0.15) is 0 Å². The molecule has 0 aliphatic carbocycles. The molecule has 7 heteroatoms. The predicted octanol–water partition coefficient (Wildman–Crippen LogP) is 5.65. The number of halogens is 1. The van der Waals surface area contributed by atoms with Crippen molar-refractivity contribution >= 4 is 6.08 Å². The van der Waals surface area contributed by atoms with Crippen molar-refractivity contribution in [3.8, 4) is 0 Å².